The van der Waals surface area contributed by atoms with E-state index in [1.54, 1.807) is 41.1 Å². The summed E-state index contributed by atoms with van der Waals surface area (Å²) in [5.41, 5.74) is 3.61. The lowest BCUT2D eigenvalue weighted by Gasteiger charge is -2.14. The number of benzene rings is 2. The van der Waals surface area contributed by atoms with Crippen molar-refractivity contribution < 1.29 is 14.3 Å². The summed E-state index contributed by atoms with van der Waals surface area (Å²) in [6.07, 6.45) is 1.71. The lowest BCUT2D eigenvalue weighted by molar-refractivity contribution is 0.0600. The normalized spacial score (nSPS) is 10.8. The maximum atomic E-state index is 12.2. The molecule has 0 aliphatic carbocycles. The van der Waals surface area contributed by atoms with Crippen LogP contribution in [0.4, 0.5) is 0 Å². The molecule has 2 aromatic heterocycles. The topological polar surface area (TPSA) is 83.3 Å². The monoisotopic (exact) mass is 455 g/mol. The number of nitrogens with zero attached hydrogens (tertiary/aromatic N) is 3. The van der Waals surface area contributed by atoms with Crippen molar-refractivity contribution in [2.45, 2.75) is 26.3 Å². The van der Waals surface area contributed by atoms with Crippen LogP contribution in [0.1, 0.15) is 41.4 Å². The van der Waals surface area contributed by atoms with E-state index in [1.807, 2.05) is 36.4 Å². The first-order valence-electron chi connectivity index (χ1n) is 10.9. The van der Waals surface area contributed by atoms with Gasteiger partial charge in [0.1, 0.15) is 11.5 Å². The summed E-state index contributed by atoms with van der Waals surface area (Å²) in [7, 11) is 1.33. The van der Waals surface area contributed by atoms with Crippen molar-refractivity contribution in [1.82, 2.24) is 14.8 Å². The molecular weight excluding hydrogens is 430 g/mol. The van der Waals surface area contributed by atoms with Gasteiger partial charge in [-0.15, -0.1) is 0 Å². The minimum atomic E-state index is -0.466. The summed E-state index contributed by atoms with van der Waals surface area (Å²) in [5, 5.41) is 8.60. The highest BCUT2D eigenvalue weighted by Gasteiger charge is 2.13. The van der Waals surface area contributed by atoms with Gasteiger partial charge in [0.2, 0.25) is 0 Å². The van der Waals surface area contributed by atoms with Gasteiger partial charge in [-0.2, -0.15) is 10.2 Å². The summed E-state index contributed by atoms with van der Waals surface area (Å²) < 4.78 is 12.6. The molecule has 0 unspecified atom stereocenters. The van der Waals surface area contributed by atoms with E-state index in [0.29, 0.717) is 29.5 Å². The first kappa shape index (κ1) is 22.9. The molecule has 172 valence electrons. The van der Waals surface area contributed by atoms with Crippen LogP contribution in [0.3, 0.4) is 0 Å². The molecule has 0 N–H and O–H groups in total. The Hall–Kier alpha value is -4.26. The minimum absolute atomic E-state index is 0.126. The van der Waals surface area contributed by atoms with Crippen LogP contribution < -0.4 is 10.3 Å². The number of hydrogen-bond acceptors (Lipinski definition) is 6. The van der Waals surface area contributed by atoms with E-state index in [9.17, 15) is 9.59 Å². The van der Waals surface area contributed by atoms with Crippen molar-refractivity contribution in [3.8, 4) is 22.8 Å². The summed E-state index contributed by atoms with van der Waals surface area (Å²) in [5.74, 6) is 0.901. The number of carbonyl (C=O) groups excluding carboxylic acids is 1. The second-order valence-electron chi connectivity index (χ2n) is 8.11. The Morgan fingerprint density at radius 2 is 1.76 bits per heavy atom. The number of aromatic nitrogens is 3. The Labute approximate surface area is 197 Å². The number of methoxy groups -OCH3 is 1. The molecule has 7 heteroatoms. The molecule has 0 amide bonds. The zero-order chi connectivity index (χ0) is 24.1. The smallest absolute Gasteiger partial charge is 0.337 e. The van der Waals surface area contributed by atoms with Gasteiger partial charge in [-0.3, -0.25) is 4.79 Å². The molecule has 7 nitrogen and oxygen atoms in total. The number of esters is 1. The fourth-order valence-corrected chi connectivity index (χ4v) is 3.42. The molecule has 2 aromatic carbocycles. The Morgan fingerprint density at radius 3 is 2.41 bits per heavy atom. The van der Waals surface area contributed by atoms with Crippen LogP contribution in [0, 0.1) is 0 Å². The largest absolute Gasteiger partial charge is 0.465 e. The van der Waals surface area contributed by atoms with Crippen LogP contribution in [-0.2, 0) is 11.3 Å². The van der Waals surface area contributed by atoms with Gasteiger partial charge in [-0.25, -0.2) is 4.79 Å². The zero-order valence-corrected chi connectivity index (χ0v) is 19.3. The minimum Gasteiger partial charge on any atom is -0.465 e. The molecule has 4 aromatic rings. The number of ether oxygens (including phenoxy) is 2. The van der Waals surface area contributed by atoms with E-state index in [4.69, 9.17) is 9.47 Å². The molecule has 0 aliphatic rings. The Bertz CT molecular complexity index is 1340. The predicted molar refractivity (Wildman–Crippen MR) is 129 cm³/mol. The van der Waals surface area contributed by atoms with Crippen LogP contribution in [0.2, 0.25) is 0 Å². The number of pyridine rings is 1. The Morgan fingerprint density at radius 1 is 0.971 bits per heavy atom. The second-order valence-corrected chi connectivity index (χ2v) is 8.11. The third kappa shape index (κ3) is 5.20. The average molecular weight is 456 g/mol. The SMILES string of the molecule is COC(=O)c1ccc(Cn2ccccc2=O)c(Oc2ccc(-c3ccc(C(C)C)nn3)cc2)c1. The Balaban J connectivity index is 1.61. The van der Waals surface area contributed by atoms with Crippen molar-refractivity contribution in [1.29, 1.82) is 0 Å². The molecule has 34 heavy (non-hydrogen) atoms. The molecule has 4 rings (SSSR count). The number of carbonyl (C=O) groups is 1. The van der Waals surface area contributed by atoms with Crippen LogP contribution >= 0.6 is 0 Å². The highest BCUT2D eigenvalue weighted by Crippen LogP contribution is 2.29. The number of hydrogen-bond donors (Lipinski definition) is 0. The van der Waals surface area contributed by atoms with Crippen molar-refractivity contribution in [2.75, 3.05) is 7.11 Å². The third-order valence-electron chi connectivity index (χ3n) is 5.38. The molecule has 2 heterocycles. The van der Waals surface area contributed by atoms with E-state index in [2.05, 4.69) is 24.0 Å². The van der Waals surface area contributed by atoms with Gasteiger partial charge < -0.3 is 14.0 Å². The van der Waals surface area contributed by atoms with Gasteiger partial charge in [0.05, 0.1) is 30.6 Å². The van der Waals surface area contributed by atoms with E-state index in [1.165, 1.54) is 13.2 Å². The fourth-order valence-electron chi connectivity index (χ4n) is 3.42. The van der Waals surface area contributed by atoms with E-state index in [-0.39, 0.29) is 5.56 Å². The molecule has 0 aliphatic heterocycles. The lowest BCUT2D eigenvalue weighted by Crippen LogP contribution is -2.18. The lowest BCUT2D eigenvalue weighted by atomic mass is 10.1. The highest BCUT2D eigenvalue weighted by atomic mass is 16.5. The molecule has 0 saturated heterocycles. The summed E-state index contributed by atoms with van der Waals surface area (Å²) in [4.78, 5) is 24.2. The maximum Gasteiger partial charge on any atom is 0.337 e. The summed E-state index contributed by atoms with van der Waals surface area (Å²) >= 11 is 0. The average Bonchev–Trinajstić information content (AvgIpc) is 2.86. The zero-order valence-electron chi connectivity index (χ0n) is 19.3. The van der Waals surface area contributed by atoms with Gasteiger partial charge in [0, 0.05) is 23.4 Å². The molecule has 0 saturated carbocycles. The van der Waals surface area contributed by atoms with Crippen molar-refractivity contribution >= 4 is 5.97 Å². The molecule has 0 spiro atoms. The van der Waals surface area contributed by atoms with Crippen LogP contribution in [0.5, 0.6) is 11.5 Å². The van der Waals surface area contributed by atoms with Gasteiger partial charge >= 0.3 is 5.97 Å². The van der Waals surface area contributed by atoms with Gasteiger partial charge in [-0.1, -0.05) is 26.0 Å². The summed E-state index contributed by atoms with van der Waals surface area (Å²) in [6.45, 7) is 4.45. The van der Waals surface area contributed by atoms with Crippen LogP contribution in [-0.4, -0.2) is 27.8 Å². The van der Waals surface area contributed by atoms with Gasteiger partial charge in [-0.05, 0) is 60.5 Å². The molecule has 0 bridgehead atoms. The van der Waals surface area contributed by atoms with E-state index in [0.717, 1.165) is 22.5 Å². The predicted octanol–water partition coefficient (Wildman–Crippen LogP) is 5.06. The van der Waals surface area contributed by atoms with Crippen molar-refractivity contribution in [3.05, 3.63) is 106 Å². The fraction of sp³-hybridized carbons (Fsp3) is 0.185. The molecular formula is C27H25N3O4. The first-order chi connectivity index (χ1) is 16.4. The summed E-state index contributed by atoms with van der Waals surface area (Å²) in [6, 6.07) is 21.4. The molecule has 0 fully saturated rings. The van der Waals surface area contributed by atoms with Crippen molar-refractivity contribution in [3.63, 3.8) is 0 Å². The Kier molecular flexibility index (Phi) is 6.82. The van der Waals surface area contributed by atoms with Crippen LogP contribution in [0.15, 0.2) is 83.8 Å². The number of rotatable bonds is 7. The standard InChI is InChI=1S/C27H25N3O4/c1-18(2)23-13-14-24(29-28-23)19-9-11-22(12-10-19)34-25-16-20(27(32)33-3)7-8-21(25)17-30-15-5-4-6-26(30)31/h4-16,18H,17H2,1-3H3. The molecule has 0 atom stereocenters. The van der Waals surface area contributed by atoms with Crippen molar-refractivity contribution in [2.24, 2.45) is 0 Å². The maximum absolute atomic E-state index is 12.2. The highest BCUT2D eigenvalue weighted by molar-refractivity contribution is 5.90. The van der Waals surface area contributed by atoms with Gasteiger partial charge in [0.15, 0.2) is 0 Å². The van der Waals surface area contributed by atoms with Gasteiger partial charge in [0.25, 0.3) is 5.56 Å². The van der Waals surface area contributed by atoms with Crippen LogP contribution in [0.25, 0.3) is 11.3 Å². The van der Waals surface area contributed by atoms with E-state index >= 15 is 0 Å². The van der Waals surface area contributed by atoms with E-state index < -0.39 is 5.97 Å². The third-order valence-corrected chi connectivity index (χ3v) is 5.38. The second kappa shape index (κ2) is 10.1. The first-order valence-corrected chi connectivity index (χ1v) is 10.9. The quantitative estimate of drug-likeness (QED) is 0.363. The molecule has 0 radical (unpaired) electrons.